The van der Waals surface area contributed by atoms with Crippen LogP contribution in [0.3, 0.4) is 0 Å². The van der Waals surface area contributed by atoms with Crippen molar-refractivity contribution in [1.29, 1.82) is 0 Å². The summed E-state index contributed by atoms with van der Waals surface area (Å²) in [6.07, 6.45) is 7.98. The van der Waals surface area contributed by atoms with E-state index in [1.807, 2.05) is 36.4 Å². The molecule has 268 valence electrons. The zero-order valence-corrected chi connectivity index (χ0v) is 30.9. The molecule has 3 aliphatic rings. The molecule has 51 heavy (non-hydrogen) atoms. The Morgan fingerprint density at radius 1 is 0.961 bits per heavy atom. The van der Waals surface area contributed by atoms with Gasteiger partial charge in [-0.25, -0.2) is 4.98 Å². The zero-order valence-electron chi connectivity index (χ0n) is 29.4. The van der Waals surface area contributed by atoms with Crippen molar-refractivity contribution in [3.8, 4) is 45.3 Å². The first-order chi connectivity index (χ1) is 24.9. The number of nitrogens with zero attached hydrogens (tertiary/aromatic N) is 3. The Morgan fingerprint density at radius 2 is 1.78 bits per heavy atom. The molecule has 0 unspecified atom stereocenters. The van der Waals surface area contributed by atoms with Gasteiger partial charge < -0.3 is 25.4 Å². The van der Waals surface area contributed by atoms with Gasteiger partial charge >= 0.3 is 0 Å². The molecule has 3 N–H and O–H groups in total. The van der Waals surface area contributed by atoms with E-state index in [0.29, 0.717) is 46.8 Å². The Labute approximate surface area is 310 Å². The van der Waals surface area contributed by atoms with Gasteiger partial charge in [0.25, 0.3) is 0 Å². The number of fused-ring (bicyclic) bond motifs is 1. The van der Waals surface area contributed by atoms with Crippen LogP contribution in [0.2, 0.25) is 10.0 Å². The van der Waals surface area contributed by atoms with Gasteiger partial charge in [0.2, 0.25) is 11.8 Å². The molecule has 0 radical (unpaired) electrons. The summed E-state index contributed by atoms with van der Waals surface area (Å²) in [4.78, 5) is 23.7. The highest BCUT2D eigenvalue weighted by Crippen LogP contribution is 2.43. The summed E-state index contributed by atoms with van der Waals surface area (Å²) in [6, 6.07) is 16.2. The molecular formula is C40H46Cl2N6O3. The van der Waals surface area contributed by atoms with E-state index in [1.165, 1.54) is 30.4 Å². The molecule has 5 heterocycles. The highest BCUT2D eigenvalue weighted by atomic mass is 35.5. The van der Waals surface area contributed by atoms with Gasteiger partial charge in [-0.15, -0.1) is 0 Å². The molecule has 2 saturated heterocycles. The Balaban J connectivity index is 1.10. The van der Waals surface area contributed by atoms with Gasteiger partial charge in [-0.3, -0.25) is 14.7 Å². The Morgan fingerprint density at radius 3 is 2.57 bits per heavy atom. The van der Waals surface area contributed by atoms with Crippen molar-refractivity contribution < 1.29 is 14.3 Å². The van der Waals surface area contributed by atoms with E-state index in [2.05, 4.69) is 33.0 Å². The predicted molar refractivity (Wildman–Crippen MR) is 204 cm³/mol. The minimum atomic E-state index is 0.109. The van der Waals surface area contributed by atoms with Crippen molar-refractivity contribution >= 4 is 29.1 Å². The molecule has 2 fully saturated rings. The molecule has 1 atom stereocenters. The van der Waals surface area contributed by atoms with E-state index in [-0.39, 0.29) is 11.9 Å². The van der Waals surface area contributed by atoms with E-state index < -0.39 is 0 Å². The number of aromatic nitrogens is 2. The van der Waals surface area contributed by atoms with E-state index in [0.717, 1.165) is 85.1 Å². The second-order valence-corrected chi connectivity index (χ2v) is 14.6. The molecule has 3 aliphatic heterocycles. The molecule has 1 amide bonds. The largest absolute Gasteiger partial charge is 0.496 e. The molecule has 0 spiro atoms. The fourth-order valence-corrected chi connectivity index (χ4v) is 8.31. The van der Waals surface area contributed by atoms with Crippen LogP contribution in [0, 0.1) is 5.92 Å². The van der Waals surface area contributed by atoms with Crippen LogP contribution in [-0.4, -0.2) is 73.8 Å². The molecule has 9 nitrogen and oxygen atoms in total. The Kier molecular flexibility index (Phi) is 11.4. The van der Waals surface area contributed by atoms with Gasteiger partial charge in [-0.05, 0) is 87.5 Å². The highest BCUT2D eigenvalue weighted by molar-refractivity contribution is 6.39. The molecule has 0 saturated carbocycles. The molecule has 2 aromatic carbocycles. The number of ether oxygens (including phenoxy) is 2. The first-order valence-electron chi connectivity index (χ1n) is 18.0. The number of nitrogens with one attached hydrogen (secondary N) is 3. The SMILES string of the molecule is COc1cc(-c2nccc(-c3cccc(-c4ccc(CNC[C@H]5CCC(=O)N5)c(OC)n4)c3Cl)c2Cl)cc2c1CN(CCC1CCNCC1)CC2. The normalized spacial score (nSPS) is 18.0. The monoisotopic (exact) mass is 728 g/mol. The molecule has 11 heteroatoms. The fraction of sp³-hybridized carbons (Fsp3) is 0.425. The molecule has 7 rings (SSSR count). The summed E-state index contributed by atoms with van der Waals surface area (Å²) in [5.74, 6) is 2.32. The number of carbonyl (C=O) groups excluding carboxylic acids is 1. The lowest BCUT2D eigenvalue weighted by atomic mass is 9.92. The van der Waals surface area contributed by atoms with Crippen LogP contribution in [-0.2, 0) is 24.3 Å². The fourth-order valence-electron chi connectivity index (χ4n) is 7.66. The van der Waals surface area contributed by atoms with E-state index in [4.69, 9.17) is 42.6 Å². The summed E-state index contributed by atoms with van der Waals surface area (Å²) in [7, 11) is 3.36. The van der Waals surface area contributed by atoms with Gasteiger partial charge in [0.15, 0.2) is 0 Å². The second-order valence-electron chi connectivity index (χ2n) is 13.8. The summed E-state index contributed by atoms with van der Waals surface area (Å²) in [5, 5.41) is 11.0. The van der Waals surface area contributed by atoms with E-state index >= 15 is 0 Å². The number of amides is 1. The number of pyridine rings is 2. The number of carbonyl (C=O) groups is 1. The van der Waals surface area contributed by atoms with Crippen molar-refractivity contribution in [2.75, 3.05) is 46.9 Å². The Bertz CT molecular complexity index is 1860. The maximum Gasteiger partial charge on any atom is 0.220 e. The van der Waals surface area contributed by atoms with Gasteiger partial charge in [0.05, 0.1) is 35.7 Å². The van der Waals surface area contributed by atoms with Crippen LogP contribution in [0.15, 0.2) is 54.7 Å². The molecule has 0 aliphatic carbocycles. The van der Waals surface area contributed by atoms with Crippen LogP contribution >= 0.6 is 23.2 Å². The number of methoxy groups -OCH3 is 2. The van der Waals surface area contributed by atoms with Crippen LogP contribution in [0.1, 0.15) is 48.8 Å². The summed E-state index contributed by atoms with van der Waals surface area (Å²) in [5.41, 5.74) is 8.14. The first-order valence-corrected chi connectivity index (χ1v) is 18.8. The maximum atomic E-state index is 11.5. The number of hydrogen-bond donors (Lipinski definition) is 3. The highest BCUT2D eigenvalue weighted by Gasteiger charge is 2.25. The zero-order chi connectivity index (χ0) is 35.3. The van der Waals surface area contributed by atoms with Crippen molar-refractivity contribution in [1.82, 2.24) is 30.8 Å². The standard InChI is InChI=1S/C40H46Cl2N6O3/c1-50-35-21-28(20-26-14-19-48(24-33(26)35)18-13-25-10-15-43-16-11-25)39-38(42)31(12-17-45-39)30-4-3-5-32(37(30)41)34-8-6-27(40(47-34)51-2)22-44-23-29-7-9-36(49)46-29/h3-6,8,12,17,20-21,25,29,43-44H,7,9-11,13-16,18-19,22-24H2,1-2H3,(H,46,49)/t29-/m1/s1. The summed E-state index contributed by atoms with van der Waals surface area (Å²) in [6.45, 7) is 6.59. The van der Waals surface area contributed by atoms with Gasteiger partial charge in [-0.2, -0.15) is 0 Å². The van der Waals surface area contributed by atoms with Crippen molar-refractivity contribution in [2.24, 2.45) is 5.92 Å². The smallest absolute Gasteiger partial charge is 0.220 e. The van der Waals surface area contributed by atoms with Crippen LogP contribution in [0.4, 0.5) is 0 Å². The topological polar surface area (TPSA) is 101 Å². The molecule has 4 aromatic rings. The van der Waals surface area contributed by atoms with E-state index in [9.17, 15) is 4.79 Å². The van der Waals surface area contributed by atoms with Crippen molar-refractivity contribution in [3.05, 3.63) is 81.5 Å². The van der Waals surface area contributed by atoms with Crippen molar-refractivity contribution in [2.45, 2.75) is 57.7 Å². The first kappa shape index (κ1) is 35.7. The van der Waals surface area contributed by atoms with Gasteiger partial charge in [-0.1, -0.05) is 47.5 Å². The molecular weight excluding hydrogens is 683 g/mol. The van der Waals surface area contributed by atoms with Crippen LogP contribution < -0.4 is 25.4 Å². The quantitative estimate of drug-likeness (QED) is 0.145. The lowest BCUT2D eigenvalue weighted by Crippen LogP contribution is -2.35. The Hall–Kier alpha value is -3.73. The minimum Gasteiger partial charge on any atom is -0.496 e. The van der Waals surface area contributed by atoms with Gasteiger partial charge in [0, 0.05) is 78.2 Å². The van der Waals surface area contributed by atoms with E-state index in [1.54, 1.807) is 20.4 Å². The van der Waals surface area contributed by atoms with Crippen molar-refractivity contribution in [3.63, 3.8) is 0 Å². The third kappa shape index (κ3) is 8.03. The van der Waals surface area contributed by atoms with Gasteiger partial charge in [0.1, 0.15) is 5.75 Å². The lowest BCUT2D eigenvalue weighted by Gasteiger charge is -2.32. The minimum absolute atomic E-state index is 0.109. The number of rotatable bonds is 12. The molecule has 0 bridgehead atoms. The number of hydrogen-bond acceptors (Lipinski definition) is 8. The summed E-state index contributed by atoms with van der Waals surface area (Å²) < 4.78 is 11.6. The second kappa shape index (κ2) is 16.3. The van der Waals surface area contributed by atoms with Crippen LogP contribution in [0.5, 0.6) is 11.6 Å². The molecule has 2 aromatic heterocycles. The third-order valence-corrected chi connectivity index (χ3v) is 11.4. The maximum absolute atomic E-state index is 11.5. The number of piperidine rings is 1. The predicted octanol–water partition coefficient (Wildman–Crippen LogP) is 6.92. The third-order valence-electron chi connectivity index (χ3n) is 10.6. The lowest BCUT2D eigenvalue weighted by molar-refractivity contribution is -0.119. The average Bonchev–Trinajstić information content (AvgIpc) is 3.58. The van der Waals surface area contributed by atoms with Crippen LogP contribution in [0.25, 0.3) is 33.6 Å². The number of halogens is 2. The average molecular weight is 730 g/mol. The summed E-state index contributed by atoms with van der Waals surface area (Å²) >= 11 is 14.3. The number of benzene rings is 2.